The number of methoxy groups -OCH3 is 1. The van der Waals surface area contributed by atoms with E-state index >= 15 is 0 Å². The standard InChI is InChI=1S/C14H27N3O/c1-5-9-17-10-8-16-13(17)11-12(15)14(6-2,7-3)18-4/h8,10,12H,5-7,9,11,15H2,1-4H3. The Morgan fingerprint density at radius 1 is 1.39 bits per heavy atom. The number of nitrogens with two attached hydrogens (primary N) is 1. The molecule has 104 valence electrons. The zero-order valence-electron chi connectivity index (χ0n) is 12.1. The minimum absolute atomic E-state index is 0.0180. The number of aryl methyl sites for hydroxylation is 1. The molecule has 0 fully saturated rings. The number of imidazole rings is 1. The van der Waals surface area contributed by atoms with Crippen LogP contribution < -0.4 is 5.73 Å². The molecule has 0 amide bonds. The van der Waals surface area contributed by atoms with Crippen molar-refractivity contribution in [1.29, 1.82) is 0 Å². The zero-order chi connectivity index (χ0) is 13.6. The van der Waals surface area contributed by atoms with E-state index in [9.17, 15) is 0 Å². The number of hydrogen-bond acceptors (Lipinski definition) is 3. The van der Waals surface area contributed by atoms with Crippen molar-refractivity contribution in [2.24, 2.45) is 5.73 Å². The van der Waals surface area contributed by atoms with E-state index in [0.717, 1.165) is 38.1 Å². The second-order valence-corrected chi connectivity index (χ2v) is 4.82. The van der Waals surface area contributed by atoms with Crippen LogP contribution in [0.1, 0.15) is 45.9 Å². The first-order valence-electron chi connectivity index (χ1n) is 6.94. The Bertz CT molecular complexity index is 336. The van der Waals surface area contributed by atoms with Crippen LogP contribution >= 0.6 is 0 Å². The lowest BCUT2D eigenvalue weighted by molar-refractivity contribution is -0.0379. The van der Waals surface area contributed by atoms with Gasteiger partial charge in [0.25, 0.3) is 0 Å². The van der Waals surface area contributed by atoms with E-state index < -0.39 is 0 Å². The Labute approximate surface area is 111 Å². The van der Waals surface area contributed by atoms with Crippen molar-refractivity contribution in [3.8, 4) is 0 Å². The molecule has 1 unspecified atom stereocenters. The van der Waals surface area contributed by atoms with Gasteiger partial charge in [-0.25, -0.2) is 4.98 Å². The molecule has 2 N–H and O–H groups in total. The Kier molecular flexibility index (Phi) is 5.82. The van der Waals surface area contributed by atoms with Gasteiger partial charge in [-0.05, 0) is 19.3 Å². The van der Waals surface area contributed by atoms with Crippen LogP contribution in [0.3, 0.4) is 0 Å². The number of ether oxygens (including phenoxy) is 1. The molecule has 0 saturated carbocycles. The Morgan fingerprint density at radius 2 is 2.06 bits per heavy atom. The highest BCUT2D eigenvalue weighted by molar-refractivity contribution is 5.00. The van der Waals surface area contributed by atoms with Crippen molar-refractivity contribution in [1.82, 2.24) is 9.55 Å². The summed E-state index contributed by atoms with van der Waals surface area (Å²) in [5, 5.41) is 0. The molecule has 0 aliphatic rings. The lowest BCUT2D eigenvalue weighted by Gasteiger charge is -2.36. The van der Waals surface area contributed by atoms with Crippen LogP contribution in [0.15, 0.2) is 12.4 Å². The van der Waals surface area contributed by atoms with Gasteiger partial charge >= 0.3 is 0 Å². The van der Waals surface area contributed by atoms with Crippen molar-refractivity contribution < 1.29 is 4.74 Å². The van der Waals surface area contributed by atoms with E-state index in [1.165, 1.54) is 0 Å². The predicted molar refractivity (Wildman–Crippen MR) is 74.5 cm³/mol. The van der Waals surface area contributed by atoms with Gasteiger partial charge in [-0.2, -0.15) is 0 Å². The molecule has 4 nitrogen and oxygen atoms in total. The third-order valence-corrected chi connectivity index (χ3v) is 3.95. The summed E-state index contributed by atoms with van der Waals surface area (Å²) in [6.45, 7) is 7.43. The Morgan fingerprint density at radius 3 is 2.56 bits per heavy atom. The monoisotopic (exact) mass is 253 g/mol. The molecule has 0 radical (unpaired) electrons. The molecule has 0 aliphatic carbocycles. The smallest absolute Gasteiger partial charge is 0.110 e. The van der Waals surface area contributed by atoms with E-state index in [0.29, 0.717) is 0 Å². The van der Waals surface area contributed by atoms with Gasteiger partial charge < -0.3 is 15.0 Å². The number of rotatable bonds is 8. The number of aromatic nitrogens is 2. The van der Waals surface area contributed by atoms with Crippen LogP contribution in [0.25, 0.3) is 0 Å². The SMILES string of the molecule is CCCn1ccnc1CC(N)C(CC)(CC)OC. The van der Waals surface area contributed by atoms with Crippen LogP contribution in [-0.2, 0) is 17.7 Å². The van der Waals surface area contributed by atoms with E-state index in [2.05, 4.69) is 30.3 Å². The maximum absolute atomic E-state index is 6.36. The van der Waals surface area contributed by atoms with Gasteiger partial charge in [0.1, 0.15) is 5.82 Å². The fourth-order valence-corrected chi connectivity index (χ4v) is 2.57. The summed E-state index contributed by atoms with van der Waals surface area (Å²) < 4.78 is 7.87. The van der Waals surface area contributed by atoms with Gasteiger partial charge in [0.15, 0.2) is 0 Å². The average Bonchev–Trinajstić information content (AvgIpc) is 2.80. The molecule has 1 rings (SSSR count). The molecule has 1 heterocycles. The van der Waals surface area contributed by atoms with Crippen molar-refractivity contribution >= 4 is 0 Å². The van der Waals surface area contributed by atoms with Crippen molar-refractivity contribution in [2.75, 3.05) is 7.11 Å². The molecule has 1 aromatic heterocycles. The first-order valence-corrected chi connectivity index (χ1v) is 6.94. The highest BCUT2D eigenvalue weighted by atomic mass is 16.5. The molecule has 1 aromatic rings. The maximum Gasteiger partial charge on any atom is 0.110 e. The molecule has 0 aliphatic heterocycles. The Hall–Kier alpha value is -0.870. The molecular weight excluding hydrogens is 226 g/mol. The lowest BCUT2D eigenvalue weighted by Crippen LogP contribution is -2.50. The summed E-state index contributed by atoms with van der Waals surface area (Å²) in [6.07, 6.45) is 7.60. The molecule has 18 heavy (non-hydrogen) atoms. The van der Waals surface area contributed by atoms with Gasteiger partial charge in [0.2, 0.25) is 0 Å². The molecule has 1 atom stereocenters. The minimum atomic E-state index is -0.233. The fraction of sp³-hybridized carbons (Fsp3) is 0.786. The van der Waals surface area contributed by atoms with Crippen molar-refractivity contribution in [2.45, 2.75) is 64.6 Å². The largest absolute Gasteiger partial charge is 0.377 e. The normalized spacial score (nSPS) is 13.8. The van der Waals surface area contributed by atoms with Gasteiger partial charge in [0.05, 0.1) is 5.60 Å². The topological polar surface area (TPSA) is 53.1 Å². The summed E-state index contributed by atoms with van der Waals surface area (Å²) in [6, 6.07) is -0.0180. The zero-order valence-corrected chi connectivity index (χ0v) is 12.1. The van der Waals surface area contributed by atoms with Crippen molar-refractivity contribution in [3.63, 3.8) is 0 Å². The molecule has 4 heteroatoms. The van der Waals surface area contributed by atoms with E-state index in [-0.39, 0.29) is 11.6 Å². The Balaban J connectivity index is 2.79. The maximum atomic E-state index is 6.36. The second-order valence-electron chi connectivity index (χ2n) is 4.82. The predicted octanol–water partition coefficient (Wildman–Crippen LogP) is 2.37. The molecule has 0 aromatic carbocycles. The highest BCUT2D eigenvalue weighted by Gasteiger charge is 2.33. The third-order valence-electron chi connectivity index (χ3n) is 3.95. The van der Waals surface area contributed by atoms with Crippen molar-refractivity contribution in [3.05, 3.63) is 18.2 Å². The van der Waals surface area contributed by atoms with Crippen LogP contribution in [0.2, 0.25) is 0 Å². The lowest BCUT2D eigenvalue weighted by atomic mass is 9.86. The van der Waals surface area contributed by atoms with Gasteiger partial charge in [0, 0.05) is 38.5 Å². The summed E-state index contributed by atoms with van der Waals surface area (Å²) in [4.78, 5) is 4.42. The van der Waals surface area contributed by atoms with Gasteiger partial charge in [-0.3, -0.25) is 0 Å². The van der Waals surface area contributed by atoms with E-state index in [1.807, 2.05) is 12.4 Å². The molecule has 0 spiro atoms. The third kappa shape index (κ3) is 3.12. The van der Waals surface area contributed by atoms with Gasteiger partial charge in [-0.1, -0.05) is 20.8 Å². The fourth-order valence-electron chi connectivity index (χ4n) is 2.57. The van der Waals surface area contributed by atoms with E-state index in [1.54, 1.807) is 7.11 Å². The second kappa shape index (κ2) is 6.90. The first kappa shape index (κ1) is 15.2. The number of hydrogen-bond donors (Lipinski definition) is 1. The van der Waals surface area contributed by atoms with Crippen LogP contribution in [0.5, 0.6) is 0 Å². The quantitative estimate of drug-likeness (QED) is 0.774. The summed E-state index contributed by atoms with van der Waals surface area (Å²) >= 11 is 0. The van der Waals surface area contributed by atoms with Gasteiger partial charge in [-0.15, -0.1) is 0 Å². The molecule has 0 bridgehead atoms. The average molecular weight is 253 g/mol. The van der Waals surface area contributed by atoms with E-state index in [4.69, 9.17) is 10.5 Å². The number of nitrogens with zero attached hydrogens (tertiary/aromatic N) is 2. The highest BCUT2D eigenvalue weighted by Crippen LogP contribution is 2.24. The summed E-state index contributed by atoms with van der Waals surface area (Å²) in [7, 11) is 1.76. The minimum Gasteiger partial charge on any atom is -0.377 e. The van der Waals surface area contributed by atoms with Crippen LogP contribution in [0, 0.1) is 0 Å². The first-order chi connectivity index (χ1) is 8.63. The van der Waals surface area contributed by atoms with Crippen LogP contribution in [0.4, 0.5) is 0 Å². The molecular formula is C14H27N3O. The van der Waals surface area contributed by atoms with Crippen LogP contribution in [-0.4, -0.2) is 28.3 Å². The molecule has 0 saturated heterocycles. The summed E-state index contributed by atoms with van der Waals surface area (Å²) in [5.41, 5.74) is 6.13. The summed E-state index contributed by atoms with van der Waals surface area (Å²) in [5.74, 6) is 1.06.